The van der Waals surface area contributed by atoms with Gasteiger partial charge in [0.2, 0.25) is 5.91 Å². The Morgan fingerprint density at radius 1 is 1.47 bits per heavy atom. The number of primary amides is 1. The first kappa shape index (κ1) is 11.9. The molecule has 1 heterocycles. The van der Waals surface area contributed by atoms with Gasteiger partial charge in [0.1, 0.15) is 6.04 Å². The van der Waals surface area contributed by atoms with Crippen molar-refractivity contribution in [1.29, 1.82) is 0 Å². The van der Waals surface area contributed by atoms with Gasteiger partial charge in [-0.1, -0.05) is 18.2 Å². The molecule has 0 aromatic heterocycles. The van der Waals surface area contributed by atoms with E-state index in [0.29, 0.717) is 0 Å². The Balaban J connectivity index is 2.41. The third-order valence-electron chi connectivity index (χ3n) is 3.44. The normalized spacial score (nSPS) is 21.5. The maximum Gasteiger partial charge on any atom is 0.239 e. The van der Waals surface area contributed by atoms with Crippen LogP contribution in [0.1, 0.15) is 31.4 Å². The Bertz CT molecular complexity index is 419. The van der Waals surface area contributed by atoms with Crippen LogP contribution in [-0.2, 0) is 4.79 Å². The quantitative estimate of drug-likeness (QED) is 0.805. The van der Waals surface area contributed by atoms with Gasteiger partial charge in [0.05, 0.1) is 0 Å². The standard InChI is InChI=1S/C13H19N3O/c1-9(13(15)17)16-8-4-6-11(14)10-5-2-3-7-12(10)16/h2-3,5,7,9,11H,4,6,8,14H2,1H3,(H2,15,17). The second kappa shape index (κ2) is 4.75. The minimum atomic E-state index is -0.296. The third kappa shape index (κ3) is 2.26. The number of nitrogens with two attached hydrogens (primary N) is 2. The summed E-state index contributed by atoms with van der Waals surface area (Å²) >= 11 is 0. The fraction of sp³-hybridized carbons (Fsp3) is 0.462. The number of carbonyl (C=O) groups excluding carboxylic acids is 1. The molecule has 4 N–H and O–H groups in total. The zero-order valence-electron chi connectivity index (χ0n) is 10.1. The molecule has 17 heavy (non-hydrogen) atoms. The van der Waals surface area contributed by atoms with Crippen LogP contribution in [0.2, 0.25) is 0 Å². The molecular weight excluding hydrogens is 214 g/mol. The van der Waals surface area contributed by atoms with Gasteiger partial charge in [-0.05, 0) is 31.4 Å². The van der Waals surface area contributed by atoms with Crippen LogP contribution in [0.5, 0.6) is 0 Å². The van der Waals surface area contributed by atoms with E-state index in [1.807, 2.05) is 31.2 Å². The molecule has 1 aliphatic rings. The average molecular weight is 233 g/mol. The predicted octanol–water partition coefficient (Wildman–Crippen LogP) is 1.16. The van der Waals surface area contributed by atoms with Crippen molar-refractivity contribution < 1.29 is 4.79 Å². The van der Waals surface area contributed by atoms with E-state index in [2.05, 4.69) is 4.90 Å². The molecular formula is C13H19N3O. The lowest BCUT2D eigenvalue weighted by atomic mass is 10.0. The van der Waals surface area contributed by atoms with E-state index < -0.39 is 0 Å². The van der Waals surface area contributed by atoms with Crippen LogP contribution in [-0.4, -0.2) is 18.5 Å². The largest absolute Gasteiger partial charge is 0.368 e. The lowest BCUT2D eigenvalue weighted by molar-refractivity contribution is -0.118. The van der Waals surface area contributed by atoms with Crippen molar-refractivity contribution in [3.8, 4) is 0 Å². The van der Waals surface area contributed by atoms with Crippen LogP contribution in [0.25, 0.3) is 0 Å². The van der Waals surface area contributed by atoms with Crippen molar-refractivity contribution >= 4 is 11.6 Å². The van der Waals surface area contributed by atoms with Gasteiger partial charge < -0.3 is 16.4 Å². The first-order valence-electron chi connectivity index (χ1n) is 6.01. The molecule has 0 aliphatic carbocycles. The minimum Gasteiger partial charge on any atom is -0.368 e. The molecule has 1 aliphatic heterocycles. The summed E-state index contributed by atoms with van der Waals surface area (Å²) in [5, 5.41) is 0. The molecule has 0 spiro atoms. The highest BCUT2D eigenvalue weighted by atomic mass is 16.1. The van der Waals surface area contributed by atoms with Crippen molar-refractivity contribution in [3.63, 3.8) is 0 Å². The molecule has 4 nitrogen and oxygen atoms in total. The molecule has 1 aromatic rings. The summed E-state index contributed by atoms with van der Waals surface area (Å²) in [6, 6.07) is 7.76. The summed E-state index contributed by atoms with van der Waals surface area (Å²) < 4.78 is 0. The lowest BCUT2D eigenvalue weighted by Gasteiger charge is -2.29. The number of nitrogens with zero attached hydrogens (tertiary/aromatic N) is 1. The predicted molar refractivity (Wildman–Crippen MR) is 68.6 cm³/mol. The number of hydrogen-bond acceptors (Lipinski definition) is 3. The molecule has 0 radical (unpaired) electrons. The van der Waals surface area contributed by atoms with Crippen molar-refractivity contribution in [2.45, 2.75) is 31.8 Å². The van der Waals surface area contributed by atoms with E-state index in [0.717, 1.165) is 30.6 Å². The number of amides is 1. The van der Waals surface area contributed by atoms with E-state index in [4.69, 9.17) is 11.5 Å². The maximum absolute atomic E-state index is 11.4. The highest BCUT2D eigenvalue weighted by molar-refractivity contribution is 5.83. The van der Waals surface area contributed by atoms with Gasteiger partial charge in [-0.3, -0.25) is 4.79 Å². The van der Waals surface area contributed by atoms with Crippen LogP contribution in [0.15, 0.2) is 24.3 Å². The Kier molecular flexibility index (Phi) is 3.33. The summed E-state index contributed by atoms with van der Waals surface area (Å²) in [5.41, 5.74) is 13.7. The van der Waals surface area contributed by atoms with E-state index in [1.165, 1.54) is 0 Å². The number of para-hydroxylation sites is 1. The minimum absolute atomic E-state index is 0.0521. The van der Waals surface area contributed by atoms with Gasteiger partial charge in [-0.2, -0.15) is 0 Å². The Hall–Kier alpha value is -1.55. The van der Waals surface area contributed by atoms with E-state index >= 15 is 0 Å². The van der Waals surface area contributed by atoms with E-state index in [1.54, 1.807) is 0 Å². The van der Waals surface area contributed by atoms with Gasteiger partial charge in [0.15, 0.2) is 0 Å². The summed E-state index contributed by atoms with van der Waals surface area (Å²) in [5.74, 6) is -0.296. The van der Waals surface area contributed by atoms with E-state index in [-0.39, 0.29) is 18.0 Å². The number of carbonyl (C=O) groups is 1. The van der Waals surface area contributed by atoms with Gasteiger partial charge in [-0.25, -0.2) is 0 Å². The first-order chi connectivity index (χ1) is 8.11. The maximum atomic E-state index is 11.4. The molecule has 2 unspecified atom stereocenters. The van der Waals surface area contributed by atoms with Crippen molar-refractivity contribution in [1.82, 2.24) is 0 Å². The summed E-state index contributed by atoms with van der Waals surface area (Å²) in [6.07, 6.45) is 1.92. The van der Waals surface area contributed by atoms with Crippen LogP contribution < -0.4 is 16.4 Å². The molecule has 0 saturated carbocycles. The molecule has 1 aromatic carbocycles. The van der Waals surface area contributed by atoms with Crippen molar-refractivity contribution in [3.05, 3.63) is 29.8 Å². The van der Waals surface area contributed by atoms with Crippen molar-refractivity contribution in [2.24, 2.45) is 11.5 Å². The molecule has 92 valence electrons. The first-order valence-corrected chi connectivity index (χ1v) is 6.01. The molecule has 1 amide bonds. The number of fused-ring (bicyclic) bond motifs is 1. The zero-order valence-corrected chi connectivity index (χ0v) is 10.1. The number of anilines is 1. The summed E-state index contributed by atoms with van der Waals surface area (Å²) in [7, 11) is 0. The Labute approximate surface area is 102 Å². The van der Waals surface area contributed by atoms with Crippen LogP contribution in [0.3, 0.4) is 0 Å². The monoisotopic (exact) mass is 233 g/mol. The molecule has 2 rings (SSSR count). The molecule has 4 heteroatoms. The second-order valence-electron chi connectivity index (χ2n) is 4.58. The fourth-order valence-corrected chi connectivity index (χ4v) is 2.38. The third-order valence-corrected chi connectivity index (χ3v) is 3.44. The summed E-state index contributed by atoms with van der Waals surface area (Å²) in [4.78, 5) is 13.4. The second-order valence-corrected chi connectivity index (χ2v) is 4.58. The van der Waals surface area contributed by atoms with Crippen LogP contribution in [0, 0.1) is 0 Å². The molecule has 0 bridgehead atoms. The van der Waals surface area contributed by atoms with Crippen molar-refractivity contribution in [2.75, 3.05) is 11.4 Å². The van der Waals surface area contributed by atoms with Gasteiger partial charge >= 0.3 is 0 Å². The SMILES string of the molecule is CC(C(N)=O)N1CCCC(N)c2ccccc21. The zero-order chi connectivity index (χ0) is 12.4. The highest BCUT2D eigenvalue weighted by Gasteiger charge is 2.25. The van der Waals surface area contributed by atoms with Gasteiger partial charge in [0.25, 0.3) is 0 Å². The highest BCUT2D eigenvalue weighted by Crippen LogP contribution is 2.32. The van der Waals surface area contributed by atoms with E-state index in [9.17, 15) is 4.79 Å². The summed E-state index contributed by atoms with van der Waals surface area (Å²) in [6.45, 7) is 2.67. The number of rotatable bonds is 2. The Morgan fingerprint density at radius 2 is 2.18 bits per heavy atom. The van der Waals surface area contributed by atoms with Gasteiger partial charge in [-0.15, -0.1) is 0 Å². The molecule has 2 atom stereocenters. The Morgan fingerprint density at radius 3 is 2.88 bits per heavy atom. The number of benzene rings is 1. The lowest BCUT2D eigenvalue weighted by Crippen LogP contribution is -2.43. The smallest absolute Gasteiger partial charge is 0.239 e. The number of hydrogen-bond donors (Lipinski definition) is 2. The molecule has 0 fully saturated rings. The molecule has 0 saturated heterocycles. The van der Waals surface area contributed by atoms with Gasteiger partial charge in [0, 0.05) is 18.3 Å². The van der Waals surface area contributed by atoms with Crippen LogP contribution >= 0.6 is 0 Å². The topological polar surface area (TPSA) is 72.4 Å². The fourth-order valence-electron chi connectivity index (χ4n) is 2.38. The van der Waals surface area contributed by atoms with Crippen LogP contribution in [0.4, 0.5) is 5.69 Å². The average Bonchev–Trinajstić information content (AvgIpc) is 2.49.